The quantitative estimate of drug-likeness (QED) is 0.701. The van der Waals surface area contributed by atoms with Gasteiger partial charge < -0.3 is 19.9 Å². The molecular formula is C22H23ClFNO5. The minimum atomic E-state index is -1.10. The molecule has 0 unspecified atom stereocenters. The van der Waals surface area contributed by atoms with Crippen molar-refractivity contribution in [3.63, 3.8) is 0 Å². The Balaban J connectivity index is 1.98. The van der Waals surface area contributed by atoms with Crippen molar-refractivity contribution in [3.05, 3.63) is 64.4 Å². The molecule has 1 fully saturated rings. The fraction of sp³-hybridized carbons (Fsp3) is 0.364. The summed E-state index contributed by atoms with van der Waals surface area (Å²) in [5.41, 5.74) is 0.750. The van der Waals surface area contributed by atoms with Crippen LogP contribution in [0.5, 0.6) is 5.75 Å². The molecule has 6 nitrogen and oxygen atoms in total. The molecule has 8 heteroatoms. The van der Waals surface area contributed by atoms with Crippen molar-refractivity contribution in [2.75, 3.05) is 6.61 Å². The molecule has 0 spiro atoms. The van der Waals surface area contributed by atoms with Crippen LogP contribution in [0.25, 0.3) is 0 Å². The van der Waals surface area contributed by atoms with Gasteiger partial charge in [0.1, 0.15) is 11.6 Å². The number of hydrogen-bond donors (Lipinski definition) is 2. The lowest BCUT2D eigenvalue weighted by atomic mass is 9.81. The Kier molecular flexibility index (Phi) is 6.63. The Morgan fingerprint density at radius 1 is 1.23 bits per heavy atom. The van der Waals surface area contributed by atoms with E-state index >= 15 is 0 Å². The molecule has 1 saturated heterocycles. The number of aliphatic carboxylic acids is 1. The van der Waals surface area contributed by atoms with Gasteiger partial charge in [0.15, 0.2) is 6.61 Å². The van der Waals surface area contributed by atoms with Gasteiger partial charge in [0.25, 0.3) is 0 Å². The van der Waals surface area contributed by atoms with Crippen LogP contribution < -0.4 is 10.1 Å². The molecule has 1 aliphatic rings. The third kappa shape index (κ3) is 5.49. The Labute approximate surface area is 178 Å². The Bertz CT molecular complexity index is 936. The highest BCUT2D eigenvalue weighted by molar-refractivity contribution is 6.30. The van der Waals surface area contributed by atoms with Crippen molar-refractivity contribution in [1.29, 1.82) is 0 Å². The normalized spacial score (nSPS) is 23.6. The molecule has 0 aromatic heterocycles. The molecule has 30 heavy (non-hydrogen) atoms. The number of carbonyl (C=O) groups excluding carboxylic acids is 1. The van der Waals surface area contributed by atoms with E-state index in [0.717, 1.165) is 5.56 Å². The zero-order chi connectivity index (χ0) is 21.9. The number of amides is 1. The molecule has 1 aliphatic heterocycles. The smallest absolute Gasteiger partial charge is 0.341 e. The second-order valence-corrected chi connectivity index (χ2v) is 8.12. The number of carboxylic acids is 1. The minimum Gasteiger partial charge on any atom is -0.482 e. The first-order valence-electron chi connectivity index (χ1n) is 9.49. The number of ether oxygens (including phenoxy) is 2. The lowest BCUT2D eigenvalue weighted by molar-refractivity contribution is -0.139. The highest BCUT2D eigenvalue weighted by Crippen LogP contribution is 2.46. The van der Waals surface area contributed by atoms with Crippen molar-refractivity contribution < 1.29 is 28.6 Å². The first kappa shape index (κ1) is 22.1. The average molecular weight is 436 g/mol. The van der Waals surface area contributed by atoms with Crippen LogP contribution in [-0.2, 0) is 14.3 Å². The van der Waals surface area contributed by atoms with Gasteiger partial charge in [-0.1, -0.05) is 23.7 Å². The van der Waals surface area contributed by atoms with E-state index in [1.54, 1.807) is 30.3 Å². The fourth-order valence-corrected chi connectivity index (χ4v) is 4.00. The van der Waals surface area contributed by atoms with Crippen molar-refractivity contribution in [2.24, 2.45) is 0 Å². The van der Waals surface area contributed by atoms with Crippen LogP contribution in [0.2, 0.25) is 5.02 Å². The van der Waals surface area contributed by atoms with E-state index in [-0.39, 0.29) is 11.7 Å². The SMILES string of the molecule is CC(=O)N[C@]1(C)C[C@@H](c2ccc(F)cc2)O[C@@H](c2cc(Cl)ccc2OCC(=O)O)C1. The molecule has 1 amide bonds. The lowest BCUT2D eigenvalue weighted by Crippen LogP contribution is -2.50. The van der Waals surface area contributed by atoms with E-state index < -0.39 is 30.3 Å². The summed E-state index contributed by atoms with van der Waals surface area (Å²) in [7, 11) is 0. The third-order valence-electron chi connectivity index (χ3n) is 4.99. The number of carboxylic acid groups (broad SMARTS) is 1. The second kappa shape index (κ2) is 9.02. The number of rotatable bonds is 6. The molecule has 0 bridgehead atoms. The Hall–Kier alpha value is -2.64. The molecule has 0 aliphatic carbocycles. The summed E-state index contributed by atoms with van der Waals surface area (Å²) < 4.78 is 25.1. The van der Waals surface area contributed by atoms with Crippen molar-refractivity contribution in [3.8, 4) is 5.75 Å². The van der Waals surface area contributed by atoms with E-state index in [4.69, 9.17) is 26.2 Å². The lowest BCUT2D eigenvalue weighted by Gasteiger charge is -2.43. The second-order valence-electron chi connectivity index (χ2n) is 7.68. The summed E-state index contributed by atoms with van der Waals surface area (Å²) in [5.74, 6) is -1.29. The van der Waals surface area contributed by atoms with Crippen molar-refractivity contribution in [1.82, 2.24) is 5.32 Å². The van der Waals surface area contributed by atoms with E-state index in [9.17, 15) is 14.0 Å². The number of nitrogens with one attached hydrogen (secondary N) is 1. The van der Waals surface area contributed by atoms with Gasteiger partial charge in [-0.2, -0.15) is 0 Å². The summed E-state index contributed by atoms with van der Waals surface area (Å²) in [6.45, 7) is 2.86. The average Bonchev–Trinajstić information content (AvgIpc) is 2.66. The largest absolute Gasteiger partial charge is 0.482 e. The van der Waals surface area contributed by atoms with E-state index in [1.807, 2.05) is 6.92 Å². The van der Waals surface area contributed by atoms with Crippen LogP contribution in [-0.4, -0.2) is 29.1 Å². The summed E-state index contributed by atoms with van der Waals surface area (Å²) in [5, 5.41) is 12.4. The van der Waals surface area contributed by atoms with Gasteiger partial charge in [0.05, 0.1) is 12.2 Å². The molecule has 0 radical (unpaired) electrons. The molecule has 0 saturated carbocycles. The highest BCUT2D eigenvalue weighted by atomic mass is 35.5. The zero-order valence-electron chi connectivity index (χ0n) is 16.7. The summed E-state index contributed by atoms with van der Waals surface area (Å²) in [6.07, 6.45) is -0.0464. The Morgan fingerprint density at radius 3 is 2.53 bits per heavy atom. The summed E-state index contributed by atoms with van der Waals surface area (Å²) >= 11 is 6.19. The first-order valence-corrected chi connectivity index (χ1v) is 9.87. The molecule has 2 aromatic rings. The summed E-state index contributed by atoms with van der Waals surface area (Å²) in [4.78, 5) is 22.8. The molecule has 1 heterocycles. The summed E-state index contributed by atoms with van der Waals surface area (Å²) in [6, 6.07) is 10.9. The van der Waals surface area contributed by atoms with Gasteiger partial charge in [-0.25, -0.2) is 9.18 Å². The van der Waals surface area contributed by atoms with Crippen LogP contribution in [0.1, 0.15) is 50.0 Å². The maximum Gasteiger partial charge on any atom is 0.341 e. The number of carbonyl (C=O) groups is 2. The van der Waals surface area contributed by atoms with Gasteiger partial charge in [0, 0.05) is 35.9 Å². The molecule has 3 rings (SSSR count). The van der Waals surface area contributed by atoms with E-state index in [2.05, 4.69) is 5.32 Å². The monoisotopic (exact) mass is 435 g/mol. The van der Waals surface area contributed by atoms with Crippen LogP contribution in [0.15, 0.2) is 42.5 Å². The first-order chi connectivity index (χ1) is 14.1. The molecule has 160 valence electrons. The predicted octanol–water partition coefficient (Wildman–Crippen LogP) is 4.43. The third-order valence-corrected chi connectivity index (χ3v) is 5.22. The van der Waals surface area contributed by atoms with Gasteiger partial charge in [0.2, 0.25) is 5.91 Å². The van der Waals surface area contributed by atoms with Crippen LogP contribution in [0.4, 0.5) is 4.39 Å². The topological polar surface area (TPSA) is 84.9 Å². The van der Waals surface area contributed by atoms with Crippen molar-refractivity contribution >= 4 is 23.5 Å². The molecule has 2 N–H and O–H groups in total. The van der Waals surface area contributed by atoms with Crippen molar-refractivity contribution in [2.45, 2.75) is 44.4 Å². The number of hydrogen-bond acceptors (Lipinski definition) is 4. The highest BCUT2D eigenvalue weighted by Gasteiger charge is 2.40. The number of benzene rings is 2. The van der Waals surface area contributed by atoms with Gasteiger partial charge in [-0.15, -0.1) is 0 Å². The molecule has 2 aromatic carbocycles. The maximum atomic E-state index is 13.4. The molecule has 3 atom stereocenters. The van der Waals surface area contributed by atoms with E-state index in [1.165, 1.54) is 19.1 Å². The van der Waals surface area contributed by atoms with Crippen LogP contribution in [0.3, 0.4) is 0 Å². The fourth-order valence-electron chi connectivity index (χ4n) is 3.82. The van der Waals surface area contributed by atoms with E-state index in [0.29, 0.717) is 29.2 Å². The Morgan fingerprint density at radius 2 is 1.90 bits per heavy atom. The van der Waals surface area contributed by atoms with Crippen LogP contribution in [0, 0.1) is 5.82 Å². The maximum absolute atomic E-state index is 13.4. The van der Waals surface area contributed by atoms with Gasteiger partial charge in [-0.3, -0.25) is 4.79 Å². The van der Waals surface area contributed by atoms with Gasteiger partial charge >= 0.3 is 5.97 Å². The van der Waals surface area contributed by atoms with Gasteiger partial charge in [-0.05, 0) is 42.8 Å². The standard InChI is InChI=1S/C22H23ClFNO5/c1-13(26)25-22(2)10-19(14-3-6-16(24)7-4-14)30-20(11-22)17-9-15(23)5-8-18(17)29-12-21(27)28/h3-9,19-20H,10-12H2,1-2H3,(H,25,26)(H,27,28)/t19-,20+,22+/m0/s1. The molecular weight excluding hydrogens is 413 g/mol. The predicted molar refractivity (Wildman–Crippen MR) is 109 cm³/mol. The minimum absolute atomic E-state index is 0.176. The van der Waals surface area contributed by atoms with Crippen LogP contribution >= 0.6 is 11.6 Å². The number of halogens is 2. The zero-order valence-corrected chi connectivity index (χ0v) is 17.4.